The van der Waals surface area contributed by atoms with Gasteiger partial charge in [0, 0.05) is 11.6 Å². The number of carbonyl (C=O) groups excluding carboxylic acids is 2. The zero-order valence-electron chi connectivity index (χ0n) is 16.9. The number of carbonyl (C=O) groups is 2. The Hall–Kier alpha value is -2.78. The molecule has 0 unspecified atom stereocenters. The van der Waals surface area contributed by atoms with Crippen molar-refractivity contribution in [2.75, 3.05) is 0 Å². The maximum absolute atomic E-state index is 13.3. The van der Waals surface area contributed by atoms with Crippen LogP contribution < -0.4 is 10.8 Å². The van der Waals surface area contributed by atoms with E-state index < -0.39 is 36.7 Å². The molecule has 0 saturated carbocycles. The second-order valence-corrected chi connectivity index (χ2v) is 7.55. The average molecular weight is 417 g/mol. The standard InChI is InChI=1S/C21H22BF2NO5/c1-11(2)19(21(27)29-9-13-6-15(23)8-16(24)7-13)25-20(26)17-5-4-14-10-30-22(28)18(14)12(17)3/h4-8,11,19,28H,9-10H2,1-3H3,(H,25,26)/t19-/m0/s1. The summed E-state index contributed by atoms with van der Waals surface area (Å²) in [4.78, 5) is 25.3. The molecule has 1 amide bonds. The van der Waals surface area contributed by atoms with Crippen LogP contribution in [0.3, 0.4) is 0 Å². The van der Waals surface area contributed by atoms with Crippen LogP contribution in [-0.2, 0) is 27.4 Å². The molecule has 3 rings (SSSR count). The number of esters is 1. The lowest BCUT2D eigenvalue weighted by Crippen LogP contribution is -2.46. The van der Waals surface area contributed by atoms with Gasteiger partial charge in [-0.05, 0) is 53.2 Å². The third-order valence-corrected chi connectivity index (χ3v) is 5.00. The summed E-state index contributed by atoms with van der Waals surface area (Å²) in [6.07, 6.45) is 0. The molecule has 0 bridgehead atoms. The van der Waals surface area contributed by atoms with Crippen molar-refractivity contribution in [2.45, 2.75) is 40.0 Å². The van der Waals surface area contributed by atoms with Gasteiger partial charge in [0.1, 0.15) is 24.3 Å². The lowest BCUT2D eigenvalue weighted by atomic mass is 9.75. The monoisotopic (exact) mass is 417 g/mol. The van der Waals surface area contributed by atoms with Crippen LogP contribution in [-0.4, -0.2) is 30.1 Å². The summed E-state index contributed by atoms with van der Waals surface area (Å²) in [5.74, 6) is -3.05. The average Bonchev–Trinajstić information content (AvgIpc) is 3.05. The van der Waals surface area contributed by atoms with Gasteiger partial charge in [-0.2, -0.15) is 0 Å². The number of nitrogens with one attached hydrogen (secondary N) is 1. The normalized spacial score (nSPS) is 13.9. The second kappa shape index (κ2) is 8.93. The smallest absolute Gasteiger partial charge is 0.459 e. The maximum atomic E-state index is 13.3. The van der Waals surface area contributed by atoms with E-state index in [-0.39, 0.29) is 24.7 Å². The van der Waals surface area contributed by atoms with E-state index in [1.54, 1.807) is 32.9 Å². The maximum Gasteiger partial charge on any atom is 0.492 e. The second-order valence-electron chi connectivity index (χ2n) is 7.55. The quantitative estimate of drug-likeness (QED) is 0.555. The van der Waals surface area contributed by atoms with Gasteiger partial charge in [-0.1, -0.05) is 19.9 Å². The Bertz CT molecular complexity index is 962. The predicted octanol–water partition coefficient (Wildman–Crippen LogP) is 1.99. The van der Waals surface area contributed by atoms with E-state index in [0.29, 0.717) is 16.6 Å². The Balaban J connectivity index is 1.71. The van der Waals surface area contributed by atoms with Crippen LogP contribution in [0.15, 0.2) is 30.3 Å². The summed E-state index contributed by atoms with van der Waals surface area (Å²) < 4.78 is 36.9. The molecule has 2 N–H and O–H groups in total. The van der Waals surface area contributed by atoms with E-state index in [9.17, 15) is 23.4 Å². The molecule has 0 aromatic heterocycles. The Morgan fingerprint density at radius 2 is 1.90 bits per heavy atom. The van der Waals surface area contributed by atoms with E-state index in [4.69, 9.17) is 9.39 Å². The Morgan fingerprint density at radius 3 is 2.53 bits per heavy atom. The van der Waals surface area contributed by atoms with E-state index in [2.05, 4.69) is 5.32 Å². The van der Waals surface area contributed by atoms with Gasteiger partial charge in [0.25, 0.3) is 5.91 Å². The molecule has 0 aliphatic carbocycles. The van der Waals surface area contributed by atoms with Crippen LogP contribution >= 0.6 is 0 Å². The van der Waals surface area contributed by atoms with Crippen molar-refractivity contribution >= 4 is 24.5 Å². The minimum absolute atomic E-state index is 0.165. The van der Waals surface area contributed by atoms with Crippen LogP contribution in [0.1, 0.15) is 40.9 Å². The molecule has 0 fully saturated rings. The van der Waals surface area contributed by atoms with Crippen LogP contribution in [0, 0.1) is 24.5 Å². The SMILES string of the molecule is Cc1c(C(=O)N[C@H](C(=O)OCc2cc(F)cc(F)c2)C(C)C)ccc2c1B(O)OC2. The first kappa shape index (κ1) is 21.9. The number of fused-ring (bicyclic) bond motifs is 1. The molecule has 1 atom stereocenters. The number of halogens is 2. The minimum Gasteiger partial charge on any atom is -0.459 e. The topological polar surface area (TPSA) is 84.9 Å². The number of hydrogen-bond donors (Lipinski definition) is 2. The third kappa shape index (κ3) is 4.68. The lowest BCUT2D eigenvalue weighted by Gasteiger charge is -2.22. The summed E-state index contributed by atoms with van der Waals surface area (Å²) in [6.45, 7) is 5.12. The van der Waals surface area contributed by atoms with Crippen molar-refractivity contribution < 1.29 is 32.8 Å². The minimum atomic E-state index is -1.09. The fourth-order valence-corrected chi connectivity index (χ4v) is 3.41. The highest BCUT2D eigenvalue weighted by Gasteiger charge is 2.32. The highest BCUT2D eigenvalue weighted by Crippen LogP contribution is 2.17. The van der Waals surface area contributed by atoms with Crippen LogP contribution in [0.25, 0.3) is 0 Å². The summed E-state index contributed by atoms with van der Waals surface area (Å²) in [6, 6.07) is 5.22. The number of benzene rings is 2. The lowest BCUT2D eigenvalue weighted by molar-refractivity contribution is -0.148. The zero-order valence-corrected chi connectivity index (χ0v) is 16.9. The molecule has 1 aliphatic rings. The van der Waals surface area contributed by atoms with Gasteiger partial charge in [0.2, 0.25) is 0 Å². The molecule has 0 saturated heterocycles. The first-order valence-electron chi connectivity index (χ1n) is 9.52. The fourth-order valence-electron chi connectivity index (χ4n) is 3.41. The van der Waals surface area contributed by atoms with E-state index in [1.807, 2.05) is 0 Å². The molecular formula is C21H22BF2NO5. The van der Waals surface area contributed by atoms with Crippen LogP contribution in [0.2, 0.25) is 0 Å². The highest BCUT2D eigenvalue weighted by atomic mass is 19.1. The van der Waals surface area contributed by atoms with Crippen molar-refractivity contribution in [1.82, 2.24) is 5.32 Å². The van der Waals surface area contributed by atoms with Crippen molar-refractivity contribution in [3.63, 3.8) is 0 Å². The van der Waals surface area contributed by atoms with Gasteiger partial charge in [0.15, 0.2) is 0 Å². The number of hydrogen-bond acceptors (Lipinski definition) is 5. The van der Waals surface area contributed by atoms with Gasteiger partial charge in [-0.15, -0.1) is 0 Å². The van der Waals surface area contributed by atoms with Crippen LogP contribution in [0.4, 0.5) is 8.78 Å². The molecule has 30 heavy (non-hydrogen) atoms. The summed E-state index contributed by atoms with van der Waals surface area (Å²) in [5.41, 5.74) is 2.40. The number of rotatable bonds is 6. The molecule has 158 valence electrons. The molecule has 9 heteroatoms. The van der Waals surface area contributed by atoms with Crippen molar-refractivity contribution in [3.8, 4) is 0 Å². The van der Waals surface area contributed by atoms with Gasteiger partial charge >= 0.3 is 13.1 Å². The Kier molecular flexibility index (Phi) is 6.53. The molecule has 2 aromatic carbocycles. The molecule has 0 spiro atoms. The van der Waals surface area contributed by atoms with Crippen molar-refractivity contribution in [3.05, 3.63) is 64.2 Å². The van der Waals surface area contributed by atoms with Gasteiger partial charge in [-0.3, -0.25) is 4.79 Å². The molecule has 6 nitrogen and oxygen atoms in total. The third-order valence-electron chi connectivity index (χ3n) is 5.00. The zero-order chi connectivity index (χ0) is 22.0. The van der Waals surface area contributed by atoms with Crippen LogP contribution in [0.5, 0.6) is 0 Å². The summed E-state index contributed by atoms with van der Waals surface area (Å²) in [7, 11) is -1.09. The summed E-state index contributed by atoms with van der Waals surface area (Å²) in [5, 5.41) is 12.6. The fraction of sp³-hybridized carbons (Fsp3) is 0.333. The van der Waals surface area contributed by atoms with E-state index >= 15 is 0 Å². The largest absolute Gasteiger partial charge is 0.492 e. The molecule has 2 aromatic rings. The molecule has 1 aliphatic heterocycles. The molecular weight excluding hydrogens is 395 g/mol. The van der Waals surface area contributed by atoms with E-state index in [1.165, 1.54) is 0 Å². The molecule has 1 heterocycles. The van der Waals surface area contributed by atoms with Crippen molar-refractivity contribution in [2.24, 2.45) is 5.92 Å². The number of ether oxygens (including phenoxy) is 1. The Labute approximate surface area is 173 Å². The predicted molar refractivity (Wildman–Crippen MR) is 106 cm³/mol. The first-order chi connectivity index (χ1) is 14.2. The Morgan fingerprint density at radius 1 is 1.23 bits per heavy atom. The first-order valence-corrected chi connectivity index (χ1v) is 9.52. The van der Waals surface area contributed by atoms with Crippen molar-refractivity contribution in [1.29, 1.82) is 0 Å². The summed E-state index contributed by atoms with van der Waals surface area (Å²) >= 11 is 0. The van der Waals surface area contributed by atoms with Gasteiger partial charge in [-0.25, -0.2) is 13.6 Å². The van der Waals surface area contributed by atoms with Gasteiger partial charge in [0.05, 0.1) is 6.61 Å². The van der Waals surface area contributed by atoms with Gasteiger partial charge < -0.3 is 19.7 Å². The van der Waals surface area contributed by atoms with E-state index in [0.717, 1.165) is 23.8 Å². The highest BCUT2D eigenvalue weighted by molar-refractivity contribution is 6.62. The molecule has 0 radical (unpaired) electrons. The number of amides is 1.